The molecule has 0 spiro atoms. The van der Waals surface area contributed by atoms with Gasteiger partial charge in [-0.15, -0.1) is 0 Å². The van der Waals surface area contributed by atoms with E-state index in [0.717, 1.165) is 0 Å². The first-order valence-corrected chi connectivity index (χ1v) is 5.07. The molecule has 0 fully saturated rings. The van der Waals surface area contributed by atoms with Gasteiger partial charge < -0.3 is 10.0 Å². The summed E-state index contributed by atoms with van der Waals surface area (Å²) in [6.45, 7) is 4.20. The van der Waals surface area contributed by atoms with Crippen molar-refractivity contribution in [2.24, 2.45) is 0 Å². The Morgan fingerprint density at radius 1 is 1.13 bits per heavy atom. The zero-order valence-corrected chi connectivity index (χ0v) is 9.40. The van der Waals surface area contributed by atoms with Gasteiger partial charge in [-0.25, -0.2) is 0 Å². The van der Waals surface area contributed by atoms with Crippen molar-refractivity contribution in [2.75, 3.05) is 0 Å². The van der Waals surface area contributed by atoms with Crippen molar-refractivity contribution in [3.63, 3.8) is 0 Å². The molecule has 0 saturated carbocycles. The highest BCUT2D eigenvalue weighted by Crippen LogP contribution is 2.11. The quantitative estimate of drug-likeness (QED) is 0.688. The molecule has 1 rings (SSSR count). The smallest absolute Gasteiger partial charge is 0.423 e. The van der Waals surface area contributed by atoms with Crippen LogP contribution in [-0.2, 0) is 11.6 Å². The second-order valence-electron chi connectivity index (χ2n) is 3.26. The maximum Gasteiger partial charge on any atom is 0.488 e. The number of benzene rings is 1. The Morgan fingerprint density at radius 3 is 1.80 bits per heavy atom. The van der Waals surface area contributed by atoms with Crippen molar-refractivity contribution < 1.29 is 18.5 Å². The topological polar surface area (TPSA) is 74.6 Å². The molecule has 0 aliphatic heterocycles. The molecule has 2 N–H and O–H groups in total. The molecule has 0 aromatic heterocycles. The van der Waals surface area contributed by atoms with E-state index < -0.39 is 18.7 Å². The lowest BCUT2D eigenvalue weighted by molar-refractivity contribution is 0.426. The van der Waals surface area contributed by atoms with Gasteiger partial charge in [-0.1, -0.05) is 38.1 Å². The van der Waals surface area contributed by atoms with Crippen LogP contribution in [0.4, 0.5) is 0 Å². The highest BCUT2D eigenvalue weighted by atomic mass is 32.1. The predicted octanol–water partition coefficient (Wildman–Crippen LogP) is -0.180. The first kappa shape index (κ1) is 14.0. The molecular weight excluding hydrogens is 215 g/mol. The molecule has 0 heterocycles. The van der Waals surface area contributed by atoms with Crippen molar-refractivity contribution in [3.8, 4) is 0 Å². The minimum atomic E-state index is -1.36. The number of hydrogen-bond donors (Lipinski definition) is 2. The van der Waals surface area contributed by atoms with Crippen LogP contribution in [-0.4, -0.2) is 25.6 Å². The zero-order valence-electron chi connectivity index (χ0n) is 8.58. The standard InChI is InChI=1S/C9H13BO2.O2S/c1-7(2)8-3-5-9(6-4-8)10(11)12;1-3-2/h3-7,11-12H,1-2H3;. The third kappa shape index (κ3) is 5.46. The van der Waals surface area contributed by atoms with Crippen LogP contribution in [0.1, 0.15) is 25.3 Å². The minimum Gasteiger partial charge on any atom is -0.423 e. The van der Waals surface area contributed by atoms with E-state index in [4.69, 9.17) is 18.5 Å². The highest BCUT2D eigenvalue weighted by molar-refractivity contribution is 7.51. The van der Waals surface area contributed by atoms with Gasteiger partial charge in [0.1, 0.15) is 0 Å². The predicted molar refractivity (Wildman–Crippen MR) is 59.3 cm³/mol. The van der Waals surface area contributed by atoms with Crippen molar-refractivity contribution in [2.45, 2.75) is 19.8 Å². The summed E-state index contributed by atoms with van der Waals surface area (Å²) >= 11 is -0.750. The molecule has 0 unspecified atom stereocenters. The summed E-state index contributed by atoms with van der Waals surface area (Å²) in [5.74, 6) is 0.481. The lowest BCUT2D eigenvalue weighted by atomic mass is 9.79. The van der Waals surface area contributed by atoms with Gasteiger partial charge in [0.25, 0.3) is 0 Å². The molecule has 0 atom stereocenters. The Bertz CT molecular complexity index is 290. The molecule has 0 amide bonds. The van der Waals surface area contributed by atoms with Crippen LogP contribution in [0.3, 0.4) is 0 Å². The fraction of sp³-hybridized carbons (Fsp3) is 0.333. The molecule has 0 aliphatic carbocycles. The average Bonchev–Trinajstić information content (AvgIpc) is 2.19. The molecule has 0 bridgehead atoms. The van der Waals surface area contributed by atoms with E-state index >= 15 is 0 Å². The first-order valence-electron chi connectivity index (χ1n) is 4.40. The summed E-state index contributed by atoms with van der Waals surface area (Å²) in [5.41, 5.74) is 1.75. The lowest BCUT2D eigenvalue weighted by Gasteiger charge is -2.05. The molecule has 0 saturated heterocycles. The van der Waals surface area contributed by atoms with E-state index in [1.165, 1.54) is 5.56 Å². The fourth-order valence-corrected chi connectivity index (χ4v) is 1.05. The van der Waals surface area contributed by atoms with Crippen LogP contribution in [0.15, 0.2) is 24.3 Å². The second-order valence-corrected chi connectivity index (χ2v) is 3.40. The van der Waals surface area contributed by atoms with E-state index in [9.17, 15) is 0 Å². The summed E-state index contributed by atoms with van der Waals surface area (Å²) in [5, 5.41) is 17.6. The van der Waals surface area contributed by atoms with Gasteiger partial charge in [0.05, 0.1) is 0 Å². The SMILES string of the molecule is CC(C)c1ccc(B(O)O)cc1.O=S=O. The van der Waals surface area contributed by atoms with Gasteiger partial charge in [-0.3, -0.25) is 0 Å². The van der Waals surface area contributed by atoms with Crippen molar-refractivity contribution in [1.29, 1.82) is 0 Å². The lowest BCUT2D eigenvalue weighted by Crippen LogP contribution is -2.29. The van der Waals surface area contributed by atoms with E-state index in [2.05, 4.69) is 13.8 Å². The summed E-state index contributed by atoms with van der Waals surface area (Å²) in [6, 6.07) is 7.30. The maximum atomic E-state index is 8.81. The summed E-state index contributed by atoms with van der Waals surface area (Å²) in [4.78, 5) is 0. The van der Waals surface area contributed by atoms with Crippen molar-refractivity contribution >= 4 is 24.2 Å². The molecule has 6 heteroatoms. The Kier molecular flexibility index (Phi) is 6.86. The van der Waals surface area contributed by atoms with Gasteiger partial charge in [0, 0.05) is 0 Å². The highest BCUT2D eigenvalue weighted by Gasteiger charge is 2.09. The van der Waals surface area contributed by atoms with Crippen LogP contribution in [0, 0.1) is 0 Å². The van der Waals surface area contributed by atoms with Crippen LogP contribution in [0.25, 0.3) is 0 Å². The van der Waals surface area contributed by atoms with E-state index in [0.29, 0.717) is 11.4 Å². The largest absolute Gasteiger partial charge is 0.488 e. The van der Waals surface area contributed by atoms with Crippen molar-refractivity contribution in [3.05, 3.63) is 29.8 Å². The van der Waals surface area contributed by atoms with Crippen LogP contribution in [0.2, 0.25) is 0 Å². The van der Waals surface area contributed by atoms with Gasteiger partial charge in [0.15, 0.2) is 0 Å². The number of hydrogen-bond acceptors (Lipinski definition) is 4. The number of rotatable bonds is 2. The Balaban J connectivity index is 0.000000583. The summed E-state index contributed by atoms with van der Waals surface area (Å²) in [6.07, 6.45) is 0. The minimum absolute atomic E-state index is 0.481. The van der Waals surface area contributed by atoms with Crippen LogP contribution in [0.5, 0.6) is 0 Å². The zero-order chi connectivity index (χ0) is 11.8. The molecule has 82 valence electrons. The maximum absolute atomic E-state index is 8.81. The molecule has 15 heavy (non-hydrogen) atoms. The molecule has 1 aromatic rings. The van der Waals surface area contributed by atoms with E-state index in [1.54, 1.807) is 12.1 Å². The van der Waals surface area contributed by atoms with Crippen LogP contribution < -0.4 is 5.46 Å². The molecule has 1 aromatic carbocycles. The Labute approximate surface area is 92.7 Å². The summed E-state index contributed by atoms with van der Waals surface area (Å²) in [7, 11) is -1.36. The Hall–Kier alpha value is -0.975. The van der Waals surface area contributed by atoms with Gasteiger partial charge in [0.2, 0.25) is 0 Å². The Morgan fingerprint density at radius 2 is 1.53 bits per heavy atom. The molecule has 0 aliphatic rings. The van der Waals surface area contributed by atoms with Gasteiger partial charge in [-0.2, -0.15) is 8.42 Å². The van der Waals surface area contributed by atoms with Crippen LogP contribution >= 0.6 is 0 Å². The third-order valence-electron chi connectivity index (χ3n) is 1.90. The average molecular weight is 228 g/mol. The first-order chi connectivity index (χ1) is 7.02. The fourth-order valence-electron chi connectivity index (χ4n) is 1.05. The monoisotopic (exact) mass is 228 g/mol. The van der Waals surface area contributed by atoms with Crippen molar-refractivity contribution in [1.82, 2.24) is 0 Å². The normalized spacial score (nSPS) is 9.13. The molecular formula is C9H13BO4S. The third-order valence-corrected chi connectivity index (χ3v) is 1.90. The van der Waals surface area contributed by atoms with Gasteiger partial charge >= 0.3 is 18.7 Å². The molecule has 0 radical (unpaired) electrons. The van der Waals surface area contributed by atoms with E-state index in [1.807, 2.05) is 12.1 Å². The van der Waals surface area contributed by atoms with E-state index in [-0.39, 0.29) is 0 Å². The van der Waals surface area contributed by atoms with Gasteiger partial charge in [-0.05, 0) is 16.9 Å². The second kappa shape index (κ2) is 7.33. The molecule has 4 nitrogen and oxygen atoms in total. The summed E-state index contributed by atoms with van der Waals surface area (Å²) < 4.78 is 16.6.